The molecule has 0 amide bonds. The van der Waals surface area contributed by atoms with Gasteiger partial charge in [-0.15, -0.1) is 0 Å². The summed E-state index contributed by atoms with van der Waals surface area (Å²) in [7, 11) is 0. The second-order valence-corrected chi connectivity index (χ2v) is 3.60. The summed E-state index contributed by atoms with van der Waals surface area (Å²) < 4.78 is 0. The number of benzene rings is 1. The highest BCUT2D eigenvalue weighted by Crippen LogP contribution is 2.10. The van der Waals surface area contributed by atoms with E-state index in [0.29, 0.717) is 6.42 Å². The number of Topliss-reactive ketones (excluding diaryl/α,β-unsaturated/α-hetero) is 1. The number of rotatable bonds is 3. The monoisotopic (exact) mass is 188 g/mol. The van der Waals surface area contributed by atoms with E-state index < -0.39 is 0 Å². The topological polar surface area (TPSA) is 17.1 Å². The van der Waals surface area contributed by atoms with Gasteiger partial charge in [0.15, 0.2) is 5.78 Å². The van der Waals surface area contributed by atoms with Gasteiger partial charge in [0.1, 0.15) is 0 Å². The standard InChI is InChI=1S/C13H16O/c1-4-10(2)9-13(14)12-7-5-11(3)6-8-12/h4-8H,9H2,1-3H3/b10-4-. The summed E-state index contributed by atoms with van der Waals surface area (Å²) in [6, 6.07) is 7.72. The molecule has 1 aromatic rings. The van der Waals surface area contributed by atoms with Gasteiger partial charge in [-0.05, 0) is 20.8 Å². The van der Waals surface area contributed by atoms with Crippen LogP contribution >= 0.6 is 0 Å². The minimum Gasteiger partial charge on any atom is -0.294 e. The smallest absolute Gasteiger partial charge is 0.166 e. The maximum atomic E-state index is 11.7. The van der Waals surface area contributed by atoms with E-state index in [9.17, 15) is 4.79 Å². The van der Waals surface area contributed by atoms with Crippen LogP contribution in [0.25, 0.3) is 0 Å². The maximum Gasteiger partial charge on any atom is 0.166 e. The second kappa shape index (κ2) is 4.75. The van der Waals surface area contributed by atoms with Crippen LogP contribution in [0.3, 0.4) is 0 Å². The van der Waals surface area contributed by atoms with Gasteiger partial charge in [-0.2, -0.15) is 0 Å². The van der Waals surface area contributed by atoms with Crippen LogP contribution in [0.15, 0.2) is 35.9 Å². The third-order valence-electron chi connectivity index (χ3n) is 2.31. The highest BCUT2D eigenvalue weighted by atomic mass is 16.1. The SMILES string of the molecule is C/C=C(/C)CC(=O)c1ccc(C)cc1. The summed E-state index contributed by atoms with van der Waals surface area (Å²) in [5.41, 5.74) is 3.11. The quantitative estimate of drug-likeness (QED) is 0.524. The van der Waals surface area contributed by atoms with Crippen LogP contribution in [-0.2, 0) is 0 Å². The van der Waals surface area contributed by atoms with E-state index in [4.69, 9.17) is 0 Å². The molecule has 0 aliphatic rings. The molecular weight excluding hydrogens is 172 g/mol. The molecule has 0 N–H and O–H groups in total. The average molecular weight is 188 g/mol. The Bertz CT molecular complexity index is 344. The van der Waals surface area contributed by atoms with Gasteiger partial charge in [-0.3, -0.25) is 4.79 Å². The van der Waals surface area contributed by atoms with Crippen LogP contribution in [0.5, 0.6) is 0 Å². The molecular formula is C13H16O. The summed E-state index contributed by atoms with van der Waals surface area (Å²) >= 11 is 0. The van der Waals surface area contributed by atoms with Crippen molar-refractivity contribution in [2.75, 3.05) is 0 Å². The van der Waals surface area contributed by atoms with Crippen LogP contribution in [0.1, 0.15) is 36.2 Å². The predicted octanol–water partition coefficient (Wildman–Crippen LogP) is 3.53. The van der Waals surface area contributed by atoms with Crippen LogP contribution in [-0.4, -0.2) is 5.78 Å². The molecule has 0 unspecified atom stereocenters. The molecule has 0 aliphatic heterocycles. The molecule has 74 valence electrons. The van der Waals surface area contributed by atoms with E-state index >= 15 is 0 Å². The van der Waals surface area contributed by atoms with Gasteiger partial charge in [0.25, 0.3) is 0 Å². The fourth-order valence-electron chi connectivity index (χ4n) is 1.20. The van der Waals surface area contributed by atoms with Gasteiger partial charge in [-0.1, -0.05) is 41.5 Å². The Labute approximate surface area is 85.5 Å². The summed E-state index contributed by atoms with van der Waals surface area (Å²) in [5, 5.41) is 0. The normalized spacial score (nSPS) is 11.5. The second-order valence-electron chi connectivity index (χ2n) is 3.60. The Morgan fingerprint density at radius 2 is 1.86 bits per heavy atom. The lowest BCUT2D eigenvalue weighted by Crippen LogP contribution is -1.99. The van der Waals surface area contributed by atoms with Crippen molar-refractivity contribution in [1.29, 1.82) is 0 Å². The highest BCUT2D eigenvalue weighted by molar-refractivity contribution is 5.97. The van der Waals surface area contributed by atoms with Gasteiger partial charge in [0.2, 0.25) is 0 Å². The number of allylic oxidation sites excluding steroid dienone is 2. The first kappa shape index (κ1) is 10.7. The van der Waals surface area contributed by atoms with Crippen molar-refractivity contribution in [2.24, 2.45) is 0 Å². The first-order valence-electron chi connectivity index (χ1n) is 4.85. The molecule has 0 spiro atoms. The number of carbonyl (C=O) groups is 1. The first-order valence-corrected chi connectivity index (χ1v) is 4.85. The van der Waals surface area contributed by atoms with E-state index in [2.05, 4.69) is 0 Å². The third-order valence-corrected chi connectivity index (χ3v) is 2.31. The Morgan fingerprint density at radius 1 is 1.29 bits per heavy atom. The summed E-state index contributed by atoms with van der Waals surface area (Å²) in [6.07, 6.45) is 2.51. The number of hydrogen-bond acceptors (Lipinski definition) is 1. The van der Waals surface area contributed by atoms with Crippen molar-refractivity contribution in [1.82, 2.24) is 0 Å². The van der Waals surface area contributed by atoms with Gasteiger partial charge in [0, 0.05) is 12.0 Å². The van der Waals surface area contributed by atoms with Gasteiger partial charge >= 0.3 is 0 Å². The van der Waals surface area contributed by atoms with E-state index in [1.54, 1.807) is 0 Å². The number of hydrogen-bond donors (Lipinski definition) is 0. The predicted molar refractivity (Wildman–Crippen MR) is 59.6 cm³/mol. The zero-order valence-corrected chi connectivity index (χ0v) is 9.00. The van der Waals surface area contributed by atoms with E-state index in [1.165, 1.54) is 5.56 Å². The minimum absolute atomic E-state index is 0.195. The highest BCUT2D eigenvalue weighted by Gasteiger charge is 2.04. The third kappa shape index (κ3) is 2.84. The largest absolute Gasteiger partial charge is 0.294 e. The number of aryl methyl sites for hydroxylation is 1. The summed E-state index contributed by atoms with van der Waals surface area (Å²) in [4.78, 5) is 11.7. The number of ketones is 1. The molecule has 0 heterocycles. The van der Waals surface area contributed by atoms with Crippen molar-refractivity contribution >= 4 is 5.78 Å². The molecule has 1 heteroatoms. The zero-order valence-electron chi connectivity index (χ0n) is 9.00. The molecule has 0 bridgehead atoms. The van der Waals surface area contributed by atoms with Gasteiger partial charge in [-0.25, -0.2) is 0 Å². The first-order chi connectivity index (χ1) is 6.63. The van der Waals surface area contributed by atoms with Crippen LogP contribution in [0.2, 0.25) is 0 Å². The molecule has 0 radical (unpaired) electrons. The van der Waals surface area contributed by atoms with Crippen molar-refractivity contribution in [2.45, 2.75) is 27.2 Å². The Kier molecular flexibility index (Phi) is 3.63. The van der Waals surface area contributed by atoms with E-state index in [0.717, 1.165) is 11.1 Å². The lowest BCUT2D eigenvalue weighted by molar-refractivity contribution is 0.0993. The summed E-state index contributed by atoms with van der Waals surface area (Å²) in [5.74, 6) is 0.195. The molecule has 0 saturated heterocycles. The van der Waals surface area contributed by atoms with Crippen molar-refractivity contribution in [3.63, 3.8) is 0 Å². The molecule has 1 nitrogen and oxygen atoms in total. The Morgan fingerprint density at radius 3 is 2.36 bits per heavy atom. The molecule has 1 rings (SSSR count). The van der Waals surface area contributed by atoms with E-state index in [-0.39, 0.29) is 5.78 Å². The molecule has 0 saturated carbocycles. The Balaban J connectivity index is 2.75. The minimum atomic E-state index is 0.195. The van der Waals surface area contributed by atoms with Crippen molar-refractivity contribution in [3.8, 4) is 0 Å². The molecule has 1 aromatic carbocycles. The Hall–Kier alpha value is -1.37. The fraction of sp³-hybridized carbons (Fsp3) is 0.308. The molecule has 0 fully saturated rings. The maximum absolute atomic E-state index is 11.7. The molecule has 0 atom stereocenters. The lowest BCUT2D eigenvalue weighted by atomic mass is 10.0. The van der Waals surface area contributed by atoms with Gasteiger partial charge < -0.3 is 0 Å². The van der Waals surface area contributed by atoms with Crippen LogP contribution in [0.4, 0.5) is 0 Å². The summed E-state index contributed by atoms with van der Waals surface area (Å²) in [6.45, 7) is 5.95. The fourth-order valence-corrected chi connectivity index (χ4v) is 1.20. The molecule has 0 aliphatic carbocycles. The average Bonchev–Trinajstić information content (AvgIpc) is 2.18. The zero-order chi connectivity index (χ0) is 10.6. The molecule has 0 aromatic heterocycles. The lowest BCUT2D eigenvalue weighted by Gasteiger charge is -2.01. The number of carbonyl (C=O) groups excluding carboxylic acids is 1. The van der Waals surface area contributed by atoms with Crippen LogP contribution < -0.4 is 0 Å². The van der Waals surface area contributed by atoms with Gasteiger partial charge in [0.05, 0.1) is 0 Å². The van der Waals surface area contributed by atoms with Crippen molar-refractivity contribution < 1.29 is 4.79 Å². The van der Waals surface area contributed by atoms with Crippen LogP contribution in [0, 0.1) is 6.92 Å². The van der Waals surface area contributed by atoms with E-state index in [1.807, 2.05) is 51.1 Å². The molecule has 14 heavy (non-hydrogen) atoms. The van der Waals surface area contributed by atoms with Crippen molar-refractivity contribution in [3.05, 3.63) is 47.0 Å².